The van der Waals surface area contributed by atoms with E-state index < -0.39 is 23.3 Å². The zero-order chi connectivity index (χ0) is 11.9. The van der Waals surface area contributed by atoms with Gasteiger partial charge in [0.2, 0.25) is 0 Å². The van der Waals surface area contributed by atoms with Crippen LogP contribution in [0.15, 0.2) is 29.8 Å². The van der Waals surface area contributed by atoms with Gasteiger partial charge in [0.1, 0.15) is 5.82 Å². The van der Waals surface area contributed by atoms with Crippen molar-refractivity contribution >= 4 is 5.78 Å². The number of ketones is 1. The van der Waals surface area contributed by atoms with Crippen LogP contribution in [-0.4, -0.2) is 5.78 Å². The second-order valence-corrected chi connectivity index (χ2v) is 3.31. The van der Waals surface area contributed by atoms with Crippen LogP contribution < -0.4 is 0 Å². The first-order chi connectivity index (χ1) is 7.39. The highest BCUT2D eigenvalue weighted by Crippen LogP contribution is 2.31. The van der Waals surface area contributed by atoms with Crippen LogP contribution in [0, 0.1) is 12.2 Å². The predicted molar refractivity (Wildman–Crippen MR) is 48.1 cm³/mol. The summed E-state index contributed by atoms with van der Waals surface area (Å²) in [5, 5.41) is 0. The van der Waals surface area contributed by atoms with Crippen LogP contribution >= 0.6 is 0 Å². The molecule has 0 aliphatic heterocycles. The molecular formula is C11H5F4O. The van der Waals surface area contributed by atoms with E-state index in [1.54, 1.807) is 0 Å². The Bertz CT molecular complexity index is 485. The summed E-state index contributed by atoms with van der Waals surface area (Å²) in [6, 6.07) is 1.88. The van der Waals surface area contributed by atoms with Crippen LogP contribution in [-0.2, 0) is 6.18 Å². The fourth-order valence-corrected chi connectivity index (χ4v) is 1.22. The Morgan fingerprint density at radius 3 is 2.25 bits per heavy atom. The smallest absolute Gasteiger partial charge is 0.289 e. The number of halogens is 4. The molecule has 0 spiro atoms. The molecule has 5 heteroatoms. The van der Waals surface area contributed by atoms with Crippen molar-refractivity contribution in [1.82, 2.24) is 0 Å². The van der Waals surface area contributed by atoms with Crippen LogP contribution in [0.1, 0.15) is 15.9 Å². The van der Waals surface area contributed by atoms with E-state index in [1.807, 2.05) is 0 Å². The highest BCUT2D eigenvalue weighted by Gasteiger charge is 2.32. The zero-order valence-corrected chi connectivity index (χ0v) is 7.81. The van der Waals surface area contributed by atoms with Crippen molar-refractivity contribution in [2.75, 3.05) is 0 Å². The van der Waals surface area contributed by atoms with Crippen LogP contribution in [0.2, 0.25) is 0 Å². The van der Waals surface area contributed by atoms with E-state index in [-0.39, 0.29) is 5.56 Å². The number of allylic oxidation sites excluding steroid dienone is 2. The maximum Gasteiger partial charge on any atom is 0.416 e. The minimum Gasteiger partial charge on any atom is -0.289 e. The first-order valence-corrected chi connectivity index (χ1v) is 4.36. The van der Waals surface area contributed by atoms with Gasteiger partial charge in [-0.25, -0.2) is 4.39 Å². The number of carbonyl (C=O) groups excluding carboxylic acids is 1. The molecule has 1 aromatic carbocycles. The molecule has 0 atom stereocenters. The van der Waals surface area contributed by atoms with Gasteiger partial charge in [-0.05, 0) is 18.2 Å². The molecule has 0 saturated carbocycles. The van der Waals surface area contributed by atoms with Crippen LogP contribution in [0.4, 0.5) is 17.6 Å². The van der Waals surface area contributed by atoms with Crippen molar-refractivity contribution in [3.8, 4) is 0 Å². The lowest BCUT2D eigenvalue weighted by atomic mass is 10.1. The van der Waals surface area contributed by atoms with E-state index in [0.717, 1.165) is 6.07 Å². The maximum atomic E-state index is 13.3. The summed E-state index contributed by atoms with van der Waals surface area (Å²) in [4.78, 5) is 11.4. The van der Waals surface area contributed by atoms with Gasteiger partial charge in [0, 0.05) is 12.0 Å². The highest BCUT2D eigenvalue weighted by molar-refractivity contribution is 6.14. The number of hydrogen-bond donors (Lipinski definition) is 0. The molecule has 2 rings (SSSR count). The summed E-state index contributed by atoms with van der Waals surface area (Å²) >= 11 is 0. The summed E-state index contributed by atoms with van der Waals surface area (Å²) in [6.45, 7) is 0. The van der Waals surface area contributed by atoms with E-state index in [2.05, 4.69) is 0 Å². The lowest BCUT2D eigenvalue weighted by Gasteiger charge is -2.07. The molecular weight excluding hydrogens is 224 g/mol. The largest absolute Gasteiger partial charge is 0.416 e. The van der Waals surface area contributed by atoms with E-state index in [1.165, 1.54) is 12.5 Å². The van der Waals surface area contributed by atoms with Crippen molar-refractivity contribution in [1.29, 1.82) is 0 Å². The Balaban J connectivity index is 2.37. The molecule has 1 nitrogen and oxygen atoms in total. The fraction of sp³-hybridized carbons (Fsp3) is 0.0909. The summed E-state index contributed by atoms with van der Waals surface area (Å²) in [5.74, 6) is -1.74. The molecule has 1 aliphatic rings. The minimum atomic E-state index is -4.60. The summed E-state index contributed by atoms with van der Waals surface area (Å²) in [7, 11) is 0. The van der Waals surface area contributed by atoms with Gasteiger partial charge in [-0.3, -0.25) is 4.79 Å². The van der Waals surface area contributed by atoms with Crippen LogP contribution in [0.3, 0.4) is 0 Å². The van der Waals surface area contributed by atoms with Gasteiger partial charge in [-0.2, -0.15) is 13.2 Å². The monoisotopic (exact) mass is 229 g/mol. The molecule has 0 bridgehead atoms. The number of rotatable bonds is 2. The Morgan fingerprint density at radius 2 is 1.81 bits per heavy atom. The number of carbonyl (C=O) groups is 1. The summed E-state index contributed by atoms with van der Waals surface area (Å²) < 4.78 is 49.9. The van der Waals surface area contributed by atoms with Crippen molar-refractivity contribution < 1.29 is 22.4 Å². The maximum absolute atomic E-state index is 13.3. The lowest BCUT2D eigenvalue weighted by Crippen LogP contribution is -2.08. The molecule has 16 heavy (non-hydrogen) atoms. The van der Waals surface area contributed by atoms with Crippen molar-refractivity contribution in [2.45, 2.75) is 6.18 Å². The Labute approximate surface area is 88.4 Å². The fourth-order valence-electron chi connectivity index (χ4n) is 1.22. The Morgan fingerprint density at radius 1 is 1.19 bits per heavy atom. The number of benzene rings is 1. The van der Waals surface area contributed by atoms with E-state index in [9.17, 15) is 22.4 Å². The van der Waals surface area contributed by atoms with Gasteiger partial charge in [0.25, 0.3) is 0 Å². The Hall–Kier alpha value is -1.65. The molecule has 0 heterocycles. The SMILES string of the molecule is O=C(C1=C[CH]1)c1ccc(C(F)(F)F)cc1F. The van der Waals surface area contributed by atoms with Gasteiger partial charge in [-0.15, -0.1) is 0 Å². The first-order valence-electron chi connectivity index (χ1n) is 4.36. The lowest BCUT2D eigenvalue weighted by molar-refractivity contribution is -0.137. The molecule has 0 N–H and O–H groups in total. The summed E-state index contributed by atoms with van der Waals surface area (Å²) in [6.07, 6.45) is -1.66. The third-order valence-electron chi connectivity index (χ3n) is 2.14. The number of Topliss-reactive ketones (excluding diaryl/α,β-unsaturated/α-hetero) is 1. The molecule has 1 aliphatic carbocycles. The second-order valence-electron chi connectivity index (χ2n) is 3.31. The normalized spacial score (nSPS) is 14.6. The van der Waals surface area contributed by atoms with E-state index in [0.29, 0.717) is 17.7 Å². The topological polar surface area (TPSA) is 17.1 Å². The van der Waals surface area contributed by atoms with Crippen LogP contribution in [0.25, 0.3) is 0 Å². The van der Waals surface area contributed by atoms with E-state index >= 15 is 0 Å². The number of hydrogen-bond acceptors (Lipinski definition) is 1. The molecule has 0 amide bonds. The average molecular weight is 229 g/mol. The molecule has 0 fully saturated rings. The molecule has 0 unspecified atom stereocenters. The van der Waals surface area contributed by atoms with Crippen molar-refractivity contribution in [2.24, 2.45) is 0 Å². The molecule has 0 saturated heterocycles. The molecule has 1 radical (unpaired) electrons. The third kappa shape index (κ3) is 1.98. The zero-order valence-electron chi connectivity index (χ0n) is 7.81. The van der Waals surface area contributed by atoms with Crippen LogP contribution in [0.5, 0.6) is 0 Å². The van der Waals surface area contributed by atoms with Gasteiger partial charge in [0.15, 0.2) is 5.78 Å². The molecule has 0 aromatic heterocycles. The quantitative estimate of drug-likeness (QED) is 0.562. The minimum absolute atomic E-state index is 0.318. The van der Waals surface area contributed by atoms with Gasteiger partial charge >= 0.3 is 6.18 Å². The first kappa shape index (κ1) is 10.9. The molecule has 83 valence electrons. The standard InChI is InChI=1S/C11H5F4O/c12-9-5-7(11(13,14)15)3-4-8(9)10(16)6-1-2-6/h1-5H. The predicted octanol–water partition coefficient (Wildman–Crippen LogP) is 3.17. The second kappa shape index (κ2) is 3.43. The van der Waals surface area contributed by atoms with Gasteiger partial charge < -0.3 is 0 Å². The Kier molecular flexibility index (Phi) is 2.33. The third-order valence-corrected chi connectivity index (χ3v) is 2.14. The van der Waals surface area contributed by atoms with Crippen molar-refractivity contribution in [3.63, 3.8) is 0 Å². The summed E-state index contributed by atoms with van der Waals surface area (Å²) in [5.41, 5.74) is -1.12. The van der Waals surface area contributed by atoms with Crippen molar-refractivity contribution in [3.05, 3.63) is 53.2 Å². The number of alkyl halides is 3. The molecule has 1 aromatic rings. The average Bonchev–Trinajstić information content (AvgIpc) is 2.98. The highest BCUT2D eigenvalue weighted by atomic mass is 19.4. The van der Waals surface area contributed by atoms with Gasteiger partial charge in [-0.1, -0.05) is 6.08 Å². The van der Waals surface area contributed by atoms with E-state index in [4.69, 9.17) is 0 Å². The van der Waals surface area contributed by atoms with Gasteiger partial charge in [0.05, 0.1) is 11.1 Å².